The molecule has 6 heteroatoms. The third-order valence-electron chi connectivity index (χ3n) is 16.3. The number of esters is 1. The zero-order chi connectivity index (χ0) is 54.3. The van der Waals surface area contributed by atoms with E-state index in [4.69, 9.17) is 4.74 Å². The van der Waals surface area contributed by atoms with E-state index in [1.807, 2.05) is 6.08 Å². The van der Waals surface area contributed by atoms with E-state index in [-0.39, 0.29) is 18.5 Å². The zero-order valence-corrected chi connectivity index (χ0v) is 51.1. The number of carbonyl (C=O) groups excluding carboxylic acids is 2. The first kappa shape index (κ1) is 73.6. The van der Waals surface area contributed by atoms with Crippen molar-refractivity contribution in [1.29, 1.82) is 0 Å². The quantitative estimate of drug-likeness (QED) is 0.0320. The summed E-state index contributed by atoms with van der Waals surface area (Å²) in [6.07, 6.45) is 79.9. The molecule has 0 aromatic carbocycles. The lowest BCUT2D eigenvalue weighted by Crippen LogP contribution is -2.45. The van der Waals surface area contributed by atoms with E-state index in [2.05, 4.69) is 19.2 Å². The van der Waals surface area contributed by atoms with Gasteiger partial charge in [0.25, 0.3) is 0 Å². The molecule has 0 aliphatic carbocycles. The van der Waals surface area contributed by atoms with Crippen LogP contribution in [0, 0.1) is 0 Å². The number of aliphatic hydroxyl groups is 2. The van der Waals surface area contributed by atoms with Crippen molar-refractivity contribution in [1.82, 2.24) is 5.32 Å². The summed E-state index contributed by atoms with van der Waals surface area (Å²) in [5, 5.41) is 23.3. The van der Waals surface area contributed by atoms with Crippen molar-refractivity contribution >= 4 is 11.9 Å². The highest BCUT2D eigenvalue weighted by Gasteiger charge is 2.18. The molecule has 0 heterocycles. The highest BCUT2D eigenvalue weighted by molar-refractivity contribution is 5.76. The third-order valence-corrected chi connectivity index (χ3v) is 16.3. The number of allylic oxidation sites excluding steroid dienone is 1. The van der Waals surface area contributed by atoms with Gasteiger partial charge in [0.1, 0.15) is 0 Å². The lowest BCUT2D eigenvalue weighted by molar-refractivity contribution is -0.143. The SMILES string of the molecule is CCCCCCCCCCCCCCCCCCCCCCCC/C=C/C(O)C(CO)NC(=O)CCCCCCCCCCCCCCCCCCCCCOC(=O)CCCCCCCCCCCCCCCCC. The number of rotatable bonds is 65. The number of aliphatic hydroxyl groups excluding tert-OH is 2. The summed E-state index contributed by atoms with van der Waals surface area (Å²) in [4.78, 5) is 24.6. The average molecular weight is 1060 g/mol. The van der Waals surface area contributed by atoms with Crippen molar-refractivity contribution in [3.05, 3.63) is 12.2 Å². The second kappa shape index (κ2) is 65.1. The molecule has 0 spiro atoms. The van der Waals surface area contributed by atoms with Crippen molar-refractivity contribution < 1.29 is 24.5 Å². The van der Waals surface area contributed by atoms with Gasteiger partial charge >= 0.3 is 5.97 Å². The lowest BCUT2D eigenvalue weighted by atomic mass is 10.0. The molecular formula is C69H135NO5. The number of ether oxygens (including phenoxy) is 1. The Morgan fingerprint density at radius 1 is 0.360 bits per heavy atom. The summed E-state index contributed by atoms with van der Waals surface area (Å²) in [6, 6.07) is -0.631. The average Bonchev–Trinajstić information content (AvgIpc) is 3.41. The molecule has 2 atom stereocenters. The minimum atomic E-state index is -0.847. The number of unbranched alkanes of at least 4 members (excludes halogenated alkanes) is 54. The van der Waals surface area contributed by atoms with Gasteiger partial charge in [0.15, 0.2) is 0 Å². The van der Waals surface area contributed by atoms with Crippen molar-refractivity contribution in [2.24, 2.45) is 0 Å². The van der Waals surface area contributed by atoms with Crippen molar-refractivity contribution in [2.45, 2.75) is 405 Å². The number of amides is 1. The van der Waals surface area contributed by atoms with Gasteiger partial charge in [-0.3, -0.25) is 9.59 Å². The summed E-state index contributed by atoms with van der Waals surface area (Å²) >= 11 is 0. The third kappa shape index (κ3) is 61.7. The van der Waals surface area contributed by atoms with Gasteiger partial charge in [-0.25, -0.2) is 0 Å². The van der Waals surface area contributed by atoms with E-state index in [0.29, 0.717) is 19.4 Å². The predicted octanol–water partition coefficient (Wildman–Crippen LogP) is 22.0. The van der Waals surface area contributed by atoms with E-state index in [1.165, 1.54) is 327 Å². The molecule has 0 rings (SSSR count). The Hall–Kier alpha value is -1.40. The molecule has 0 saturated carbocycles. The first-order valence-electron chi connectivity index (χ1n) is 34.5. The number of carbonyl (C=O) groups is 2. The molecule has 0 aliphatic rings. The minimum absolute atomic E-state index is 0.0125. The van der Waals surface area contributed by atoms with E-state index < -0.39 is 12.1 Å². The van der Waals surface area contributed by atoms with Gasteiger partial charge in [-0.1, -0.05) is 360 Å². The van der Waals surface area contributed by atoms with Crippen LogP contribution in [-0.4, -0.2) is 47.4 Å². The largest absolute Gasteiger partial charge is 0.466 e. The minimum Gasteiger partial charge on any atom is -0.466 e. The van der Waals surface area contributed by atoms with Crippen molar-refractivity contribution in [3.8, 4) is 0 Å². The molecule has 2 unspecified atom stereocenters. The Morgan fingerprint density at radius 2 is 0.613 bits per heavy atom. The molecule has 0 fully saturated rings. The van der Waals surface area contributed by atoms with Crippen LogP contribution >= 0.6 is 0 Å². The second-order valence-electron chi connectivity index (χ2n) is 23.9. The van der Waals surface area contributed by atoms with Gasteiger partial charge in [-0.2, -0.15) is 0 Å². The van der Waals surface area contributed by atoms with E-state index in [1.54, 1.807) is 6.08 Å². The van der Waals surface area contributed by atoms with Crippen molar-refractivity contribution in [2.75, 3.05) is 13.2 Å². The smallest absolute Gasteiger partial charge is 0.305 e. The molecule has 0 aromatic heterocycles. The first-order chi connectivity index (χ1) is 37.0. The Balaban J connectivity index is 3.41. The fourth-order valence-electron chi connectivity index (χ4n) is 11.1. The first-order valence-corrected chi connectivity index (χ1v) is 34.5. The molecule has 446 valence electrons. The molecule has 0 bridgehead atoms. The normalized spacial score (nSPS) is 12.5. The number of hydrogen-bond donors (Lipinski definition) is 3. The topological polar surface area (TPSA) is 95.9 Å². The van der Waals surface area contributed by atoms with Gasteiger partial charge in [-0.05, 0) is 32.1 Å². The molecule has 0 aliphatic heterocycles. The van der Waals surface area contributed by atoms with Crippen molar-refractivity contribution in [3.63, 3.8) is 0 Å². The highest BCUT2D eigenvalue weighted by atomic mass is 16.5. The van der Waals surface area contributed by atoms with Gasteiger partial charge in [0, 0.05) is 12.8 Å². The van der Waals surface area contributed by atoms with Crippen LogP contribution in [0.5, 0.6) is 0 Å². The van der Waals surface area contributed by atoms with Crippen LogP contribution in [0.2, 0.25) is 0 Å². The van der Waals surface area contributed by atoms with Gasteiger partial charge in [0.2, 0.25) is 5.91 Å². The highest BCUT2D eigenvalue weighted by Crippen LogP contribution is 2.19. The zero-order valence-electron chi connectivity index (χ0n) is 51.1. The number of nitrogens with one attached hydrogen (secondary N) is 1. The summed E-state index contributed by atoms with van der Waals surface area (Å²) in [7, 11) is 0. The maximum Gasteiger partial charge on any atom is 0.305 e. The van der Waals surface area contributed by atoms with E-state index in [0.717, 1.165) is 38.5 Å². The fraction of sp³-hybridized carbons (Fsp3) is 0.942. The molecule has 0 radical (unpaired) electrons. The Labute approximate surface area is 469 Å². The number of hydrogen-bond acceptors (Lipinski definition) is 5. The standard InChI is InChI=1S/C69H135NO5/c1-3-5-7-9-11-13-15-17-19-20-21-22-23-24-25-27-30-34-37-41-45-49-53-57-61-67(72)66(65-71)70-68(73)62-58-54-50-46-42-38-35-31-28-26-29-32-36-40-44-48-52-56-60-64-75-69(74)63-59-55-51-47-43-39-33-18-16-14-12-10-8-6-4-2/h57,61,66-67,71-72H,3-56,58-60,62-65H2,1-2H3,(H,70,73)/b61-57+. The van der Waals surface area contributed by atoms with Crippen LogP contribution in [0.1, 0.15) is 393 Å². The molecule has 0 saturated heterocycles. The van der Waals surface area contributed by atoms with Crippen LogP contribution in [0.15, 0.2) is 12.2 Å². The molecule has 6 nitrogen and oxygen atoms in total. The Morgan fingerprint density at radius 3 is 0.907 bits per heavy atom. The Kier molecular flexibility index (Phi) is 63.9. The van der Waals surface area contributed by atoms with Gasteiger partial charge < -0.3 is 20.3 Å². The maximum atomic E-state index is 12.5. The molecule has 1 amide bonds. The Bertz CT molecular complexity index is 1130. The molecule has 0 aromatic rings. The summed E-state index contributed by atoms with van der Waals surface area (Å²) in [5.74, 6) is -0.0534. The van der Waals surface area contributed by atoms with Gasteiger partial charge in [-0.15, -0.1) is 0 Å². The monoisotopic (exact) mass is 1060 g/mol. The second-order valence-corrected chi connectivity index (χ2v) is 23.9. The van der Waals surface area contributed by atoms with Crippen LogP contribution in [0.3, 0.4) is 0 Å². The lowest BCUT2D eigenvalue weighted by Gasteiger charge is -2.20. The molecule has 75 heavy (non-hydrogen) atoms. The van der Waals surface area contributed by atoms with E-state index in [9.17, 15) is 19.8 Å². The fourth-order valence-corrected chi connectivity index (χ4v) is 11.1. The summed E-state index contributed by atoms with van der Waals surface area (Å²) < 4.78 is 5.49. The van der Waals surface area contributed by atoms with E-state index >= 15 is 0 Å². The molecule has 3 N–H and O–H groups in total. The summed E-state index contributed by atoms with van der Waals surface area (Å²) in [6.45, 7) is 4.94. The van der Waals surface area contributed by atoms with Crippen LogP contribution in [0.25, 0.3) is 0 Å². The maximum absolute atomic E-state index is 12.5. The summed E-state index contributed by atoms with van der Waals surface area (Å²) in [5.41, 5.74) is 0. The van der Waals surface area contributed by atoms with Crippen LogP contribution < -0.4 is 5.32 Å². The van der Waals surface area contributed by atoms with Gasteiger partial charge in [0.05, 0.1) is 25.4 Å². The van der Waals surface area contributed by atoms with Crippen LogP contribution in [-0.2, 0) is 14.3 Å². The molecular weight excluding hydrogens is 923 g/mol. The van der Waals surface area contributed by atoms with Crippen LogP contribution in [0.4, 0.5) is 0 Å². The predicted molar refractivity (Wildman–Crippen MR) is 329 cm³/mol.